The van der Waals surface area contributed by atoms with E-state index in [4.69, 9.17) is 0 Å². The lowest BCUT2D eigenvalue weighted by molar-refractivity contribution is 0.966. The Hall–Kier alpha value is -1.24. The molecule has 0 unspecified atom stereocenters. The van der Waals surface area contributed by atoms with Crippen LogP contribution in [0.5, 0.6) is 0 Å². The van der Waals surface area contributed by atoms with Gasteiger partial charge in [0.25, 0.3) is 0 Å². The Morgan fingerprint density at radius 3 is 2.40 bits per heavy atom. The van der Waals surface area contributed by atoms with Gasteiger partial charge in [-0.15, -0.1) is 0 Å². The number of hydrogen-bond donors (Lipinski definition) is 0. The van der Waals surface area contributed by atoms with E-state index in [1.807, 2.05) is 19.9 Å². The van der Waals surface area contributed by atoms with Crippen LogP contribution in [0.4, 0.5) is 5.69 Å². The van der Waals surface area contributed by atoms with Crippen molar-refractivity contribution in [3.05, 3.63) is 35.9 Å². The normalized spacial score (nSPS) is 8.87. The third-order valence-electron chi connectivity index (χ3n) is 2.29. The molecule has 15 heavy (non-hydrogen) atoms. The molecule has 0 aromatic heterocycles. The van der Waals surface area contributed by atoms with E-state index in [1.165, 1.54) is 16.8 Å². The molecule has 0 radical (unpaired) electrons. The Kier molecular flexibility index (Phi) is 6.52. The zero-order valence-electron chi connectivity index (χ0n) is 10.7. The fraction of sp³-hybridized carbons (Fsp3) is 0.429. The van der Waals surface area contributed by atoms with Gasteiger partial charge >= 0.3 is 0 Å². The Balaban J connectivity index is 0.000000921. The Bertz CT molecular complexity index is 302. The van der Waals surface area contributed by atoms with E-state index in [0.29, 0.717) is 0 Å². The molecule has 0 atom stereocenters. The molecule has 1 rings (SSSR count). The predicted molar refractivity (Wildman–Crippen MR) is 71.6 cm³/mol. The number of hydrogen-bond acceptors (Lipinski definition) is 1. The lowest BCUT2D eigenvalue weighted by Gasteiger charge is -2.19. The van der Waals surface area contributed by atoms with Gasteiger partial charge in [0.05, 0.1) is 0 Å². The number of rotatable bonds is 3. The highest BCUT2D eigenvalue weighted by atomic mass is 15.1. The van der Waals surface area contributed by atoms with Crippen LogP contribution in [0.3, 0.4) is 0 Å². The molecule has 1 nitrogen and oxygen atoms in total. The maximum Gasteiger partial charge on any atom is 0.0437 e. The number of aryl methyl sites for hydroxylation is 1. The largest absolute Gasteiger partial charge is 0.374 e. The standard InChI is InChI=1S/C12H17N.C2H6/c1-5-11-9-10(3)7-8-12(11)13(4)6-2;1-2/h5,7-9H,1,6H2,2-4H3;1-2H3. The minimum atomic E-state index is 1.02. The first kappa shape index (κ1) is 13.8. The van der Waals surface area contributed by atoms with Crippen molar-refractivity contribution in [2.75, 3.05) is 18.5 Å². The molecule has 0 amide bonds. The zero-order valence-corrected chi connectivity index (χ0v) is 10.7. The van der Waals surface area contributed by atoms with E-state index < -0.39 is 0 Å². The van der Waals surface area contributed by atoms with Gasteiger partial charge in [0, 0.05) is 19.3 Å². The fourth-order valence-electron chi connectivity index (χ4n) is 1.36. The molecule has 0 fully saturated rings. The quantitative estimate of drug-likeness (QED) is 0.717. The predicted octanol–water partition coefficient (Wildman–Crippen LogP) is 4.12. The van der Waals surface area contributed by atoms with E-state index in [9.17, 15) is 0 Å². The van der Waals surface area contributed by atoms with Crippen molar-refractivity contribution < 1.29 is 0 Å². The van der Waals surface area contributed by atoms with E-state index >= 15 is 0 Å². The highest BCUT2D eigenvalue weighted by Gasteiger charge is 2.02. The van der Waals surface area contributed by atoms with Crippen LogP contribution < -0.4 is 4.90 Å². The minimum Gasteiger partial charge on any atom is -0.374 e. The van der Waals surface area contributed by atoms with Gasteiger partial charge in [0.1, 0.15) is 0 Å². The van der Waals surface area contributed by atoms with Crippen molar-refractivity contribution in [1.82, 2.24) is 0 Å². The molecule has 0 aliphatic carbocycles. The van der Waals surface area contributed by atoms with E-state index in [2.05, 4.69) is 50.6 Å². The fourth-order valence-corrected chi connectivity index (χ4v) is 1.36. The number of nitrogens with zero attached hydrogens (tertiary/aromatic N) is 1. The maximum atomic E-state index is 3.82. The summed E-state index contributed by atoms with van der Waals surface area (Å²) in [7, 11) is 2.09. The van der Waals surface area contributed by atoms with E-state index in [0.717, 1.165) is 6.54 Å². The zero-order chi connectivity index (χ0) is 11.8. The van der Waals surface area contributed by atoms with Gasteiger partial charge in [-0.05, 0) is 31.5 Å². The average molecular weight is 205 g/mol. The first-order chi connectivity index (χ1) is 7.19. The summed E-state index contributed by atoms with van der Waals surface area (Å²) in [5.41, 5.74) is 3.75. The van der Waals surface area contributed by atoms with E-state index in [1.54, 1.807) is 0 Å². The molecule has 0 spiro atoms. The molecule has 0 aliphatic rings. The van der Waals surface area contributed by atoms with Gasteiger partial charge in [-0.2, -0.15) is 0 Å². The molecule has 0 N–H and O–H groups in total. The van der Waals surface area contributed by atoms with Gasteiger partial charge in [-0.25, -0.2) is 0 Å². The van der Waals surface area contributed by atoms with Crippen LogP contribution in [-0.4, -0.2) is 13.6 Å². The summed E-state index contributed by atoms with van der Waals surface area (Å²) >= 11 is 0. The minimum absolute atomic E-state index is 1.02. The van der Waals surface area contributed by atoms with Crippen molar-refractivity contribution in [2.45, 2.75) is 27.7 Å². The highest BCUT2D eigenvalue weighted by Crippen LogP contribution is 2.21. The molecule has 1 heteroatoms. The van der Waals surface area contributed by atoms with Crippen LogP contribution in [0.15, 0.2) is 24.8 Å². The number of anilines is 1. The van der Waals surface area contributed by atoms with Crippen LogP contribution in [-0.2, 0) is 0 Å². The molecule has 84 valence electrons. The monoisotopic (exact) mass is 205 g/mol. The second-order valence-corrected chi connectivity index (χ2v) is 3.28. The van der Waals surface area contributed by atoms with Crippen molar-refractivity contribution in [1.29, 1.82) is 0 Å². The molecule has 1 aromatic rings. The first-order valence-corrected chi connectivity index (χ1v) is 5.63. The average Bonchev–Trinajstić information content (AvgIpc) is 2.30. The molecule has 0 bridgehead atoms. The Morgan fingerprint density at radius 1 is 1.33 bits per heavy atom. The van der Waals surface area contributed by atoms with Crippen molar-refractivity contribution in [3.8, 4) is 0 Å². The third-order valence-corrected chi connectivity index (χ3v) is 2.29. The third kappa shape index (κ3) is 3.78. The topological polar surface area (TPSA) is 3.24 Å². The van der Waals surface area contributed by atoms with Gasteiger partial charge in [0.2, 0.25) is 0 Å². The summed E-state index contributed by atoms with van der Waals surface area (Å²) < 4.78 is 0. The second kappa shape index (κ2) is 7.10. The van der Waals surface area contributed by atoms with Gasteiger partial charge in [-0.1, -0.05) is 38.1 Å². The van der Waals surface area contributed by atoms with Crippen LogP contribution in [0.1, 0.15) is 31.9 Å². The highest BCUT2D eigenvalue weighted by molar-refractivity contribution is 5.67. The van der Waals surface area contributed by atoms with Crippen LogP contribution in [0.25, 0.3) is 6.08 Å². The Morgan fingerprint density at radius 2 is 1.93 bits per heavy atom. The first-order valence-electron chi connectivity index (χ1n) is 5.63. The maximum absolute atomic E-state index is 3.82. The van der Waals surface area contributed by atoms with Gasteiger partial charge in [0.15, 0.2) is 0 Å². The van der Waals surface area contributed by atoms with Crippen molar-refractivity contribution >= 4 is 11.8 Å². The molecule has 0 aliphatic heterocycles. The summed E-state index contributed by atoms with van der Waals surface area (Å²) in [4.78, 5) is 2.22. The van der Waals surface area contributed by atoms with Crippen LogP contribution >= 0.6 is 0 Å². The van der Waals surface area contributed by atoms with Gasteiger partial charge in [-0.3, -0.25) is 0 Å². The molecule has 0 saturated carbocycles. The van der Waals surface area contributed by atoms with Crippen molar-refractivity contribution in [3.63, 3.8) is 0 Å². The summed E-state index contributed by atoms with van der Waals surface area (Å²) in [6.45, 7) is 13.1. The molecule has 0 saturated heterocycles. The number of benzene rings is 1. The molecular formula is C14H23N. The van der Waals surface area contributed by atoms with Crippen LogP contribution in [0, 0.1) is 6.92 Å². The Labute approximate surface area is 94.4 Å². The second-order valence-electron chi connectivity index (χ2n) is 3.28. The summed E-state index contributed by atoms with van der Waals surface area (Å²) in [6.07, 6.45) is 1.91. The lowest BCUT2D eigenvalue weighted by Crippen LogP contribution is -2.16. The SMILES string of the molecule is C=Cc1cc(C)ccc1N(C)CC.CC. The molecule has 0 heterocycles. The summed E-state index contributed by atoms with van der Waals surface area (Å²) in [5, 5.41) is 0. The van der Waals surface area contributed by atoms with E-state index in [-0.39, 0.29) is 0 Å². The van der Waals surface area contributed by atoms with Gasteiger partial charge < -0.3 is 4.90 Å². The smallest absolute Gasteiger partial charge is 0.0437 e. The molecular weight excluding hydrogens is 182 g/mol. The summed E-state index contributed by atoms with van der Waals surface area (Å²) in [6, 6.07) is 6.44. The van der Waals surface area contributed by atoms with Crippen molar-refractivity contribution in [2.24, 2.45) is 0 Å². The summed E-state index contributed by atoms with van der Waals surface area (Å²) in [5.74, 6) is 0. The molecule has 1 aromatic carbocycles. The van der Waals surface area contributed by atoms with Crippen LogP contribution in [0.2, 0.25) is 0 Å². The lowest BCUT2D eigenvalue weighted by atomic mass is 10.1.